The highest BCUT2D eigenvalue weighted by molar-refractivity contribution is 6.06. The quantitative estimate of drug-likeness (QED) is 0.730. The van der Waals surface area contributed by atoms with Crippen LogP contribution in [0.5, 0.6) is 11.5 Å². The lowest BCUT2D eigenvalue weighted by Gasteiger charge is -2.17. The monoisotopic (exact) mass is 309 g/mol. The SMILES string of the molecule is CN(C(=O)c1ccc2c(c1)OCO2)c1ccc2c(c1)ncn2C. The van der Waals surface area contributed by atoms with Crippen molar-refractivity contribution >= 4 is 22.6 Å². The fraction of sp³-hybridized carbons (Fsp3) is 0.176. The minimum atomic E-state index is -0.112. The lowest BCUT2D eigenvalue weighted by Crippen LogP contribution is -2.26. The van der Waals surface area contributed by atoms with Crippen LogP contribution in [0.3, 0.4) is 0 Å². The fourth-order valence-electron chi connectivity index (χ4n) is 2.67. The van der Waals surface area contributed by atoms with E-state index in [1.165, 1.54) is 0 Å². The molecule has 0 bridgehead atoms. The van der Waals surface area contributed by atoms with Crippen molar-refractivity contribution in [1.29, 1.82) is 0 Å². The summed E-state index contributed by atoms with van der Waals surface area (Å²) in [6, 6.07) is 11.0. The maximum Gasteiger partial charge on any atom is 0.258 e. The van der Waals surface area contributed by atoms with E-state index in [9.17, 15) is 4.79 Å². The zero-order valence-corrected chi connectivity index (χ0v) is 12.8. The zero-order valence-electron chi connectivity index (χ0n) is 12.8. The van der Waals surface area contributed by atoms with Crippen LogP contribution in [0.15, 0.2) is 42.7 Å². The second kappa shape index (κ2) is 5.01. The number of fused-ring (bicyclic) bond motifs is 2. The van der Waals surface area contributed by atoms with Crippen molar-refractivity contribution in [3.63, 3.8) is 0 Å². The number of carbonyl (C=O) groups is 1. The molecule has 2 heterocycles. The molecule has 0 atom stereocenters. The number of carbonyl (C=O) groups excluding carboxylic acids is 1. The molecular weight excluding hydrogens is 294 g/mol. The van der Waals surface area contributed by atoms with Crippen molar-refractivity contribution in [3.8, 4) is 11.5 Å². The number of anilines is 1. The Labute approximate surface area is 132 Å². The summed E-state index contributed by atoms with van der Waals surface area (Å²) in [7, 11) is 3.69. The van der Waals surface area contributed by atoms with E-state index >= 15 is 0 Å². The predicted molar refractivity (Wildman–Crippen MR) is 86.0 cm³/mol. The van der Waals surface area contributed by atoms with Gasteiger partial charge < -0.3 is 18.9 Å². The molecule has 0 saturated heterocycles. The summed E-state index contributed by atoms with van der Waals surface area (Å²) in [4.78, 5) is 18.6. The summed E-state index contributed by atoms with van der Waals surface area (Å²) in [5.41, 5.74) is 3.23. The van der Waals surface area contributed by atoms with Gasteiger partial charge >= 0.3 is 0 Å². The van der Waals surface area contributed by atoms with Crippen LogP contribution >= 0.6 is 0 Å². The summed E-state index contributed by atoms with van der Waals surface area (Å²) in [6.45, 7) is 0.194. The minimum absolute atomic E-state index is 0.112. The standard InChI is InChI=1S/C17H15N3O3/c1-19-9-18-13-8-12(4-5-14(13)19)20(2)17(21)11-3-6-15-16(7-11)23-10-22-15/h3-9H,10H2,1-2H3. The van der Waals surface area contributed by atoms with E-state index in [1.54, 1.807) is 36.5 Å². The summed E-state index contributed by atoms with van der Waals surface area (Å²) in [5.74, 6) is 1.15. The number of hydrogen-bond donors (Lipinski definition) is 0. The Morgan fingerprint density at radius 2 is 2.00 bits per heavy atom. The van der Waals surface area contributed by atoms with E-state index in [2.05, 4.69) is 4.98 Å². The molecule has 1 aromatic heterocycles. The average molecular weight is 309 g/mol. The second-order valence-electron chi connectivity index (χ2n) is 5.46. The lowest BCUT2D eigenvalue weighted by atomic mass is 10.1. The van der Waals surface area contributed by atoms with Crippen LogP contribution in [-0.4, -0.2) is 29.3 Å². The van der Waals surface area contributed by atoms with E-state index in [1.807, 2.05) is 29.8 Å². The molecule has 3 aromatic rings. The summed E-state index contributed by atoms with van der Waals surface area (Å²) < 4.78 is 12.5. The van der Waals surface area contributed by atoms with E-state index in [0.29, 0.717) is 17.1 Å². The van der Waals surface area contributed by atoms with Gasteiger partial charge in [0, 0.05) is 25.3 Å². The molecule has 0 spiro atoms. The van der Waals surface area contributed by atoms with Gasteiger partial charge in [0.2, 0.25) is 6.79 Å². The molecule has 6 nitrogen and oxygen atoms in total. The molecule has 116 valence electrons. The third kappa shape index (κ3) is 2.19. The zero-order chi connectivity index (χ0) is 16.0. The molecule has 1 aliphatic heterocycles. The highest BCUT2D eigenvalue weighted by Crippen LogP contribution is 2.33. The van der Waals surface area contributed by atoms with Gasteiger partial charge in [-0.15, -0.1) is 0 Å². The number of rotatable bonds is 2. The molecule has 0 unspecified atom stereocenters. The van der Waals surface area contributed by atoms with Crippen LogP contribution in [0.4, 0.5) is 5.69 Å². The predicted octanol–water partition coefficient (Wildman–Crippen LogP) is 2.58. The van der Waals surface area contributed by atoms with Crippen molar-refractivity contribution in [2.24, 2.45) is 7.05 Å². The van der Waals surface area contributed by atoms with Gasteiger partial charge in [0.05, 0.1) is 17.4 Å². The van der Waals surface area contributed by atoms with Gasteiger partial charge in [-0.05, 0) is 36.4 Å². The van der Waals surface area contributed by atoms with Crippen LogP contribution in [-0.2, 0) is 7.05 Å². The van der Waals surface area contributed by atoms with Crippen molar-refractivity contribution in [2.45, 2.75) is 0 Å². The van der Waals surface area contributed by atoms with E-state index in [0.717, 1.165) is 16.7 Å². The van der Waals surface area contributed by atoms with Gasteiger partial charge in [0.1, 0.15) is 0 Å². The van der Waals surface area contributed by atoms with E-state index in [-0.39, 0.29) is 12.7 Å². The number of ether oxygens (including phenoxy) is 2. The molecule has 0 fully saturated rings. The van der Waals surface area contributed by atoms with Gasteiger partial charge in [0.15, 0.2) is 11.5 Å². The minimum Gasteiger partial charge on any atom is -0.454 e. The van der Waals surface area contributed by atoms with Crippen LogP contribution in [0.1, 0.15) is 10.4 Å². The number of aromatic nitrogens is 2. The van der Waals surface area contributed by atoms with Crippen LogP contribution in [0.25, 0.3) is 11.0 Å². The van der Waals surface area contributed by atoms with Gasteiger partial charge in [0.25, 0.3) is 5.91 Å². The average Bonchev–Trinajstić information content (AvgIpc) is 3.19. The molecule has 1 amide bonds. The van der Waals surface area contributed by atoms with E-state index < -0.39 is 0 Å². The highest BCUT2D eigenvalue weighted by Gasteiger charge is 2.19. The molecule has 2 aromatic carbocycles. The number of imidazole rings is 1. The molecular formula is C17H15N3O3. The van der Waals surface area contributed by atoms with Crippen molar-refractivity contribution < 1.29 is 14.3 Å². The Kier molecular flexibility index (Phi) is 2.97. The maximum atomic E-state index is 12.7. The molecule has 1 aliphatic rings. The van der Waals surface area contributed by atoms with Gasteiger partial charge in [-0.3, -0.25) is 4.79 Å². The summed E-state index contributed by atoms with van der Waals surface area (Å²) >= 11 is 0. The Morgan fingerprint density at radius 1 is 1.17 bits per heavy atom. The first-order valence-corrected chi connectivity index (χ1v) is 7.22. The van der Waals surface area contributed by atoms with Gasteiger partial charge in [-0.1, -0.05) is 0 Å². The second-order valence-corrected chi connectivity index (χ2v) is 5.46. The Hall–Kier alpha value is -3.02. The number of hydrogen-bond acceptors (Lipinski definition) is 4. The van der Waals surface area contributed by atoms with Crippen molar-refractivity contribution in [1.82, 2.24) is 9.55 Å². The van der Waals surface area contributed by atoms with Crippen molar-refractivity contribution in [3.05, 3.63) is 48.3 Å². The number of benzene rings is 2. The molecule has 6 heteroatoms. The molecule has 0 radical (unpaired) electrons. The van der Waals surface area contributed by atoms with Crippen molar-refractivity contribution in [2.75, 3.05) is 18.7 Å². The summed E-state index contributed by atoms with van der Waals surface area (Å²) in [6.07, 6.45) is 1.76. The van der Waals surface area contributed by atoms with Crippen LogP contribution in [0, 0.1) is 0 Å². The molecule has 0 saturated carbocycles. The Bertz CT molecular complexity index is 917. The Balaban J connectivity index is 1.66. The maximum absolute atomic E-state index is 12.7. The largest absolute Gasteiger partial charge is 0.454 e. The molecule has 0 N–H and O–H groups in total. The van der Waals surface area contributed by atoms with Crippen LogP contribution in [0.2, 0.25) is 0 Å². The first-order valence-electron chi connectivity index (χ1n) is 7.22. The highest BCUT2D eigenvalue weighted by atomic mass is 16.7. The molecule has 4 rings (SSSR count). The molecule has 23 heavy (non-hydrogen) atoms. The number of aryl methyl sites for hydroxylation is 1. The van der Waals surface area contributed by atoms with Gasteiger partial charge in [-0.25, -0.2) is 4.98 Å². The third-order valence-electron chi connectivity index (χ3n) is 4.02. The summed E-state index contributed by atoms with van der Waals surface area (Å²) in [5, 5.41) is 0. The first-order chi connectivity index (χ1) is 11.1. The number of amides is 1. The molecule has 0 aliphatic carbocycles. The van der Waals surface area contributed by atoms with Gasteiger partial charge in [-0.2, -0.15) is 0 Å². The normalized spacial score (nSPS) is 12.6. The Morgan fingerprint density at radius 3 is 2.87 bits per heavy atom. The topological polar surface area (TPSA) is 56.6 Å². The van der Waals surface area contributed by atoms with E-state index in [4.69, 9.17) is 9.47 Å². The lowest BCUT2D eigenvalue weighted by molar-refractivity contribution is 0.0992. The van der Waals surface area contributed by atoms with Crippen LogP contribution < -0.4 is 14.4 Å². The smallest absolute Gasteiger partial charge is 0.258 e. The first kappa shape index (κ1) is 13.6. The number of nitrogens with zero attached hydrogens (tertiary/aromatic N) is 3. The third-order valence-corrected chi connectivity index (χ3v) is 4.02. The fourth-order valence-corrected chi connectivity index (χ4v) is 2.67.